The van der Waals surface area contributed by atoms with Crippen molar-refractivity contribution in [3.8, 4) is 5.75 Å². The Bertz CT molecular complexity index is 948. The molecule has 8 nitrogen and oxygen atoms in total. The number of esters is 1. The summed E-state index contributed by atoms with van der Waals surface area (Å²) >= 11 is 0. The molecule has 2 aromatic rings. The van der Waals surface area contributed by atoms with Gasteiger partial charge in [0.2, 0.25) is 10.0 Å². The molecular weight excluding hydrogens is 398 g/mol. The summed E-state index contributed by atoms with van der Waals surface area (Å²) in [6.07, 6.45) is 0.931. The van der Waals surface area contributed by atoms with Crippen molar-refractivity contribution < 1.29 is 36.3 Å². The maximum Gasteiger partial charge on any atom is 0.387 e. The summed E-state index contributed by atoms with van der Waals surface area (Å²) in [6.45, 7) is -3.60. The minimum Gasteiger partial charge on any atom is -0.452 e. The Kier molecular flexibility index (Phi) is 6.88. The zero-order chi connectivity index (χ0) is 20.7. The lowest BCUT2D eigenvalue weighted by atomic mass is 10.2. The largest absolute Gasteiger partial charge is 0.452 e. The fourth-order valence-corrected chi connectivity index (χ4v) is 2.65. The zero-order valence-corrected chi connectivity index (χ0v) is 15.3. The second-order valence-corrected chi connectivity index (χ2v) is 7.20. The molecule has 0 fully saturated rings. The van der Waals surface area contributed by atoms with E-state index in [2.05, 4.69) is 14.8 Å². The lowest BCUT2D eigenvalue weighted by Gasteiger charge is -2.11. The van der Waals surface area contributed by atoms with Crippen LogP contribution < -0.4 is 14.8 Å². The highest BCUT2D eigenvalue weighted by Gasteiger charge is 2.16. The van der Waals surface area contributed by atoms with Crippen molar-refractivity contribution in [1.82, 2.24) is 0 Å². The van der Waals surface area contributed by atoms with Crippen LogP contribution in [0.4, 0.5) is 20.2 Å². The Morgan fingerprint density at radius 2 is 1.71 bits per heavy atom. The van der Waals surface area contributed by atoms with Gasteiger partial charge < -0.3 is 14.8 Å². The predicted octanol–water partition coefficient (Wildman–Crippen LogP) is 2.46. The Hall–Kier alpha value is -3.21. The van der Waals surface area contributed by atoms with Gasteiger partial charge in [-0.1, -0.05) is 12.1 Å². The van der Waals surface area contributed by atoms with Crippen molar-refractivity contribution >= 4 is 33.3 Å². The van der Waals surface area contributed by atoms with Crippen LogP contribution in [0.1, 0.15) is 10.4 Å². The van der Waals surface area contributed by atoms with Gasteiger partial charge in [-0.3, -0.25) is 9.52 Å². The van der Waals surface area contributed by atoms with E-state index in [-0.39, 0.29) is 22.7 Å². The van der Waals surface area contributed by atoms with E-state index in [4.69, 9.17) is 4.74 Å². The number of anilines is 2. The number of amides is 1. The Morgan fingerprint density at radius 1 is 1.07 bits per heavy atom. The van der Waals surface area contributed by atoms with Crippen LogP contribution >= 0.6 is 0 Å². The summed E-state index contributed by atoms with van der Waals surface area (Å²) in [6, 6.07) is 10.9. The second kappa shape index (κ2) is 9.13. The monoisotopic (exact) mass is 414 g/mol. The molecule has 0 aliphatic heterocycles. The molecule has 0 aliphatic rings. The van der Waals surface area contributed by atoms with Crippen molar-refractivity contribution in [2.75, 3.05) is 22.9 Å². The third kappa shape index (κ3) is 6.83. The molecule has 0 heterocycles. The number of alkyl halides is 2. The molecule has 0 aliphatic carbocycles. The molecular formula is C17H16F2N2O6S. The van der Waals surface area contributed by atoms with Gasteiger partial charge in [0.15, 0.2) is 6.61 Å². The summed E-state index contributed by atoms with van der Waals surface area (Å²) in [4.78, 5) is 24.0. The first-order valence-corrected chi connectivity index (χ1v) is 9.62. The summed E-state index contributed by atoms with van der Waals surface area (Å²) in [5, 5.41) is 2.41. The molecule has 2 N–H and O–H groups in total. The Balaban J connectivity index is 1.93. The molecule has 0 aromatic heterocycles. The van der Waals surface area contributed by atoms with Crippen molar-refractivity contribution in [2.45, 2.75) is 6.61 Å². The molecule has 0 atom stereocenters. The van der Waals surface area contributed by atoms with Crippen LogP contribution in [0.15, 0.2) is 48.5 Å². The van der Waals surface area contributed by atoms with E-state index in [9.17, 15) is 26.8 Å². The van der Waals surface area contributed by atoms with Crippen molar-refractivity contribution in [2.24, 2.45) is 0 Å². The minimum atomic E-state index is -3.61. The number of ether oxygens (including phenoxy) is 2. The topological polar surface area (TPSA) is 111 Å². The number of hydrogen-bond acceptors (Lipinski definition) is 6. The smallest absolute Gasteiger partial charge is 0.387 e. The average molecular weight is 414 g/mol. The maximum absolute atomic E-state index is 12.1. The molecule has 150 valence electrons. The lowest BCUT2D eigenvalue weighted by molar-refractivity contribution is -0.119. The number of hydrogen-bond donors (Lipinski definition) is 2. The van der Waals surface area contributed by atoms with Gasteiger partial charge in [0.1, 0.15) is 5.75 Å². The van der Waals surface area contributed by atoms with E-state index >= 15 is 0 Å². The van der Waals surface area contributed by atoms with Crippen molar-refractivity contribution in [3.05, 3.63) is 54.1 Å². The molecule has 0 unspecified atom stereocenters. The van der Waals surface area contributed by atoms with Crippen LogP contribution in [0.2, 0.25) is 0 Å². The number of rotatable bonds is 8. The van der Waals surface area contributed by atoms with Gasteiger partial charge in [0.05, 0.1) is 17.5 Å². The molecule has 28 heavy (non-hydrogen) atoms. The second-order valence-electron chi connectivity index (χ2n) is 5.45. The maximum atomic E-state index is 12.1. The van der Waals surface area contributed by atoms with Gasteiger partial charge in [-0.05, 0) is 36.4 Å². The number of para-hydroxylation sites is 1. The van der Waals surface area contributed by atoms with Gasteiger partial charge in [0, 0.05) is 5.69 Å². The van der Waals surface area contributed by atoms with E-state index < -0.39 is 35.1 Å². The molecule has 0 bridgehead atoms. The molecule has 0 saturated heterocycles. The van der Waals surface area contributed by atoms with Gasteiger partial charge in [-0.25, -0.2) is 13.2 Å². The van der Waals surface area contributed by atoms with Crippen LogP contribution in [-0.4, -0.2) is 39.8 Å². The minimum absolute atomic E-state index is 0.0185. The molecule has 1 amide bonds. The summed E-state index contributed by atoms with van der Waals surface area (Å²) in [5.74, 6) is -1.65. The van der Waals surface area contributed by atoms with E-state index in [0.29, 0.717) is 0 Å². The van der Waals surface area contributed by atoms with Crippen LogP contribution in [-0.2, 0) is 19.6 Å². The standard InChI is InChI=1S/C17H16F2N2O6S/c1-28(24,25)21-14-5-3-2-4-13(14)16(23)26-10-15(22)20-11-6-8-12(9-7-11)27-17(18)19/h2-9,17,21H,10H2,1H3,(H,20,22). The van der Waals surface area contributed by atoms with Gasteiger partial charge in [-0.2, -0.15) is 8.78 Å². The van der Waals surface area contributed by atoms with Crippen LogP contribution in [0.5, 0.6) is 5.75 Å². The van der Waals surface area contributed by atoms with Gasteiger partial charge in [0.25, 0.3) is 5.91 Å². The highest BCUT2D eigenvalue weighted by molar-refractivity contribution is 7.92. The first kappa shape index (κ1) is 21.1. The fraction of sp³-hybridized carbons (Fsp3) is 0.176. The number of benzene rings is 2. The van der Waals surface area contributed by atoms with E-state index in [0.717, 1.165) is 6.26 Å². The van der Waals surface area contributed by atoms with Gasteiger partial charge in [-0.15, -0.1) is 0 Å². The Labute approximate surface area is 159 Å². The highest BCUT2D eigenvalue weighted by atomic mass is 32.2. The average Bonchev–Trinajstić information content (AvgIpc) is 2.60. The lowest BCUT2D eigenvalue weighted by Crippen LogP contribution is -2.22. The van der Waals surface area contributed by atoms with Crippen LogP contribution in [0.3, 0.4) is 0 Å². The quantitative estimate of drug-likeness (QED) is 0.642. The highest BCUT2D eigenvalue weighted by Crippen LogP contribution is 2.19. The van der Waals surface area contributed by atoms with Crippen LogP contribution in [0, 0.1) is 0 Å². The van der Waals surface area contributed by atoms with E-state index in [1.807, 2.05) is 0 Å². The third-order valence-electron chi connectivity index (χ3n) is 3.14. The van der Waals surface area contributed by atoms with Crippen molar-refractivity contribution in [1.29, 1.82) is 0 Å². The van der Waals surface area contributed by atoms with Crippen molar-refractivity contribution in [3.63, 3.8) is 0 Å². The number of halogens is 2. The number of carbonyl (C=O) groups is 2. The van der Waals surface area contributed by atoms with Crippen LogP contribution in [0.25, 0.3) is 0 Å². The Morgan fingerprint density at radius 3 is 2.32 bits per heavy atom. The summed E-state index contributed by atoms with van der Waals surface area (Å²) in [5.41, 5.74) is 0.237. The summed E-state index contributed by atoms with van der Waals surface area (Å²) in [7, 11) is -3.61. The molecule has 11 heteroatoms. The van der Waals surface area contributed by atoms with Gasteiger partial charge >= 0.3 is 12.6 Å². The first-order chi connectivity index (χ1) is 13.1. The number of nitrogens with one attached hydrogen (secondary N) is 2. The molecule has 2 aromatic carbocycles. The molecule has 0 saturated carbocycles. The van der Waals surface area contributed by atoms with E-state index in [1.54, 1.807) is 0 Å². The molecule has 0 radical (unpaired) electrons. The summed E-state index contributed by atoms with van der Waals surface area (Å²) < 4.78 is 58.1. The van der Waals surface area contributed by atoms with E-state index in [1.165, 1.54) is 48.5 Å². The normalized spacial score (nSPS) is 11.0. The predicted molar refractivity (Wildman–Crippen MR) is 96.9 cm³/mol. The molecule has 0 spiro atoms. The zero-order valence-electron chi connectivity index (χ0n) is 14.5. The fourth-order valence-electron chi connectivity index (χ4n) is 2.08. The third-order valence-corrected chi connectivity index (χ3v) is 3.73. The molecule has 2 rings (SSSR count). The SMILES string of the molecule is CS(=O)(=O)Nc1ccccc1C(=O)OCC(=O)Nc1ccc(OC(F)F)cc1. The number of carbonyl (C=O) groups excluding carboxylic acids is 2. The number of sulfonamides is 1. The first-order valence-electron chi connectivity index (χ1n) is 7.73.